The molecule has 21 heavy (non-hydrogen) atoms. The average molecular weight is 304 g/mol. The number of benzene rings is 1. The molecule has 1 aromatic carbocycles. The monoisotopic (exact) mass is 304 g/mol. The Kier molecular flexibility index (Phi) is 3.95. The maximum Gasteiger partial charge on any atom is 0.310 e. The standard InChI is InChI=1S/C16H20N2O2S/c1-2-16(15(19)20)8-5-9-18(11-16)10-14-17-12-6-3-4-7-13(12)21-14/h3-4,6-7H,2,5,8-11H2,1H3,(H,19,20). The summed E-state index contributed by atoms with van der Waals surface area (Å²) in [4.78, 5) is 18.5. The summed E-state index contributed by atoms with van der Waals surface area (Å²) in [6, 6.07) is 8.14. The summed E-state index contributed by atoms with van der Waals surface area (Å²) in [6.45, 7) is 4.34. The number of aromatic nitrogens is 1. The zero-order chi connectivity index (χ0) is 14.9. The molecule has 1 N–H and O–H groups in total. The molecule has 2 aromatic rings. The largest absolute Gasteiger partial charge is 0.481 e. The van der Waals surface area contributed by atoms with E-state index in [4.69, 9.17) is 0 Å². The predicted molar refractivity (Wildman–Crippen MR) is 84.5 cm³/mol. The summed E-state index contributed by atoms with van der Waals surface area (Å²) >= 11 is 1.71. The molecule has 1 aliphatic rings. The smallest absolute Gasteiger partial charge is 0.310 e. The van der Waals surface area contributed by atoms with Crippen LogP contribution in [0.2, 0.25) is 0 Å². The van der Waals surface area contributed by atoms with Crippen LogP contribution < -0.4 is 0 Å². The fraction of sp³-hybridized carbons (Fsp3) is 0.500. The number of piperidine rings is 1. The summed E-state index contributed by atoms with van der Waals surface area (Å²) in [5.74, 6) is -0.654. The molecule has 1 aliphatic heterocycles. The second-order valence-corrected chi connectivity index (χ2v) is 6.94. The highest BCUT2D eigenvalue weighted by molar-refractivity contribution is 7.18. The third kappa shape index (κ3) is 2.80. The van der Waals surface area contributed by atoms with E-state index < -0.39 is 11.4 Å². The van der Waals surface area contributed by atoms with Crippen LogP contribution in [0, 0.1) is 5.41 Å². The normalized spacial score (nSPS) is 23.5. The number of fused-ring (bicyclic) bond motifs is 1. The summed E-state index contributed by atoms with van der Waals surface area (Å²) < 4.78 is 1.20. The second-order valence-electron chi connectivity index (χ2n) is 5.83. The molecule has 1 atom stereocenters. The number of thiazole rings is 1. The van der Waals surface area contributed by atoms with Crippen molar-refractivity contribution < 1.29 is 9.90 Å². The maximum absolute atomic E-state index is 11.6. The molecule has 1 fully saturated rings. The van der Waals surface area contributed by atoms with Gasteiger partial charge in [0.15, 0.2) is 0 Å². The Hall–Kier alpha value is -1.46. The van der Waals surface area contributed by atoms with Gasteiger partial charge < -0.3 is 5.11 Å². The van der Waals surface area contributed by atoms with Crippen LogP contribution in [0.25, 0.3) is 10.2 Å². The van der Waals surface area contributed by atoms with Crippen LogP contribution in [0.3, 0.4) is 0 Å². The van der Waals surface area contributed by atoms with E-state index in [0.717, 1.165) is 36.5 Å². The predicted octanol–water partition coefficient (Wildman–Crippen LogP) is 3.37. The topological polar surface area (TPSA) is 53.4 Å². The molecule has 3 rings (SSSR count). The van der Waals surface area contributed by atoms with Crippen molar-refractivity contribution in [2.24, 2.45) is 5.41 Å². The minimum Gasteiger partial charge on any atom is -0.481 e. The first-order valence-electron chi connectivity index (χ1n) is 7.43. The Morgan fingerprint density at radius 3 is 3.00 bits per heavy atom. The van der Waals surface area contributed by atoms with E-state index >= 15 is 0 Å². The molecule has 0 radical (unpaired) electrons. The van der Waals surface area contributed by atoms with Crippen LogP contribution in [0.1, 0.15) is 31.2 Å². The van der Waals surface area contributed by atoms with Gasteiger partial charge in [0, 0.05) is 6.54 Å². The van der Waals surface area contributed by atoms with Crippen LogP contribution in [0.4, 0.5) is 0 Å². The molecule has 0 saturated carbocycles. The van der Waals surface area contributed by atoms with Gasteiger partial charge in [0.2, 0.25) is 0 Å². The van der Waals surface area contributed by atoms with E-state index in [1.807, 2.05) is 25.1 Å². The van der Waals surface area contributed by atoms with E-state index in [2.05, 4.69) is 16.0 Å². The van der Waals surface area contributed by atoms with Crippen molar-refractivity contribution in [3.05, 3.63) is 29.3 Å². The molecular weight excluding hydrogens is 284 g/mol. The zero-order valence-electron chi connectivity index (χ0n) is 12.2. The lowest BCUT2D eigenvalue weighted by molar-refractivity contribution is -0.153. The van der Waals surface area contributed by atoms with Gasteiger partial charge in [0.05, 0.1) is 22.2 Å². The number of hydrogen-bond donors (Lipinski definition) is 1. The number of rotatable bonds is 4. The highest BCUT2D eigenvalue weighted by Gasteiger charge is 2.40. The van der Waals surface area contributed by atoms with Crippen LogP contribution in [0.5, 0.6) is 0 Å². The molecule has 0 bridgehead atoms. The number of carboxylic acid groups (broad SMARTS) is 1. The molecule has 0 amide bonds. The Morgan fingerprint density at radius 2 is 2.29 bits per heavy atom. The van der Waals surface area contributed by atoms with E-state index in [1.165, 1.54) is 4.70 Å². The highest BCUT2D eigenvalue weighted by atomic mass is 32.1. The first-order chi connectivity index (χ1) is 10.1. The van der Waals surface area contributed by atoms with Gasteiger partial charge in [-0.25, -0.2) is 4.98 Å². The van der Waals surface area contributed by atoms with Crippen LogP contribution >= 0.6 is 11.3 Å². The first kappa shape index (κ1) is 14.5. The molecule has 1 unspecified atom stereocenters. The number of nitrogens with zero attached hydrogens (tertiary/aromatic N) is 2. The van der Waals surface area contributed by atoms with Gasteiger partial charge in [-0.15, -0.1) is 11.3 Å². The quantitative estimate of drug-likeness (QED) is 0.941. The molecule has 4 nitrogen and oxygen atoms in total. The molecule has 2 heterocycles. The van der Waals surface area contributed by atoms with Crippen molar-refractivity contribution in [3.8, 4) is 0 Å². The van der Waals surface area contributed by atoms with E-state index in [9.17, 15) is 9.90 Å². The van der Waals surface area contributed by atoms with Crippen LogP contribution in [-0.2, 0) is 11.3 Å². The second kappa shape index (κ2) is 5.73. The molecule has 0 aliphatic carbocycles. The Labute approximate surface area is 128 Å². The summed E-state index contributed by atoms with van der Waals surface area (Å²) in [7, 11) is 0. The Balaban J connectivity index is 1.76. The van der Waals surface area contributed by atoms with Gasteiger partial charge in [0.1, 0.15) is 5.01 Å². The number of hydrogen-bond acceptors (Lipinski definition) is 4. The van der Waals surface area contributed by atoms with Crippen molar-refractivity contribution in [2.75, 3.05) is 13.1 Å². The minimum atomic E-state index is -0.654. The molecule has 112 valence electrons. The maximum atomic E-state index is 11.6. The third-order valence-electron chi connectivity index (χ3n) is 4.48. The van der Waals surface area contributed by atoms with Gasteiger partial charge in [-0.1, -0.05) is 19.1 Å². The van der Waals surface area contributed by atoms with Crippen LogP contribution in [0.15, 0.2) is 24.3 Å². The van der Waals surface area contributed by atoms with Crippen molar-refractivity contribution in [3.63, 3.8) is 0 Å². The lowest BCUT2D eigenvalue weighted by Crippen LogP contribution is -2.47. The van der Waals surface area contributed by atoms with Gasteiger partial charge in [-0.3, -0.25) is 9.69 Å². The summed E-state index contributed by atoms with van der Waals surface area (Å²) in [5, 5.41) is 10.6. The van der Waals surface area contributed by atoms with Crippen molar-refractivity contribution >= 4 is 27.5 Å². The lowest BCUT2D eigenvalue weighted by Gasteiger charge is -2.39. The van der Waals surface area contributed by atoms with Gasteiger partial charge in [0.25, 0.3) is 0 Å². The number of likely N-dealkylation sites (tertiary alicyclic amines) is 1. The van der Waals surface area contributed by atoms with Crippen LogP contribution in [-0.4, -0.2) is 34.0 Å². The first-order valence-corrected chi connectivity index (χ1v) is 8.25. The van der Waals surface area contributed by atoms with Gasteiger partial charge >= 0.3 is 5.97 Å². The molecule has 1 saturated heterocycles. The molecule has 1 aromatic heterocycles. The highest BCUT2D eigenvalue weighted by Crippen LogP contribution is 2.34. The lowest BCUT2D eigenvalue weighted by atomic mass is 9.77. The van der Waals surface area contributed by atoms with Gasteiger partial charge in [-0.2, -0.15) is 0 Å². The van der Waals surface area contributed by atoms with Crippen molar-refractivity contribution in [1.82, 2.24) is 9.88 Å². The average Bonchev–Trinajstić information content (AvgIpc) is 2.89. The number of aliphatic carboxylic acids is 1. The zero-order valence-corrected chi connectivity index (χ0v) is 13.0. The Morgan fingerprint density at radius 1 is 1.48 bits per heavy atom. The summed E-state index contributed by atoms with van der Waals surface area (Å²) in [5.41, 5.74) is 0.462. The van der Waals surface area contributed by atoms with E-state index in [1.54, 1.807) is 11.3 Å². The Bertz CT molecular complexity index is 622. The molecular formula is C16H20N2O2S. The summed E-state index contributed by atoms with van der Waals surface area (Å²) in [6.07, 6.45) is 2.43. The van der Waals surface area contributed by atoms with E-state index in [-0.39, 0.29) is 0 Å². The van der Waals surface area contributed by atoms with Gasteiger partial charge in [-0.05, 0) is 37.9 Å². The van der Waals surface area contributed by atoms with Crippen molar-refractivity contribution in [1.29, 1.82) is 0 Å². The number of carbonyl (C=O) groups is 1. The number of carboxylic acids is 1. The SMILES string of the molecule is CCC1(C(=O)O)CCCN(Cc2nc3ccccc3s2)C1. The molecule has 5 heteroatoms. The molecule has 0 spiro atoms. The number of para-hydroxylation sites is 1. The minimum absolute atomic E-state index is 0.574. The van der Waals surface area contributed by atoms with Crippen molar-refractivity contribution in [2.45, 2.75) is 32.7 Å². The fourth-order valence-corrected chi connectivity index (χ4v) is 4.17. The fourth-order valence-electron chi connectivity index (χ4n) is 3.16. The van der Waals surface area contributed by atoms with E-state index in [0.29, 0.717) is 13.0 Å². The third-order valence-corrected chi connectivity index (χ3v) is 5.50.